The predicted molar refractivity (Wildman–Crippen MR) is 88.9 cm³/mol. The van der Waals surface area contributed by atoms with E-state index >= 15 is 0 Å². The summed E-state index contributed by atoms with van der Waals surface area (Å²) in [6.45, 7) is 3.72. The largest absolute Gasteiger partial charge is 0.384 e. The summed E-state index contributed by atoms with van der Waals surface area (Å²) >= 11 is 0. The fourth-order valence-electron chi connectivity index (χ4n) is 3.78. The topological polar surface area (TPSA) is 80.6 Å². The van der Waals surface area contributed by atoms with Crippen LogP contribution in [0.5, 0.6) is 0 Å². The van der Waals surface area contributed by atoms with Gasteiger partial charge in [-0.05, 0) is 24.5 Å². The van der Waals surface area contributed by atoms with Gasteiger partial charge in [-0.3, -0.25) is 14.4 Å². The minimum atomic E-state index is -0.251. The number of amides is 2. The molecule has 7 heteroatoms. The lowest BCUT2D eigenvalue weighted by atomic mass is 9.83. The smallest absolute Gasteiger partial charge is 0.274 e. The number of hydrogen-bond acceptors (Lipinski definition) is 4. The summed E-state index contributed by atoms with van der Waals surface area (Å²) < 4.78 is 6.75. The molecule has 0 radical (unpaired) electrons. The molecule has 24 heavy (non-hydrogen) atoms. The second-order valence-electron chi connectivity index (χ2n) is 6.61. The highest BCUT2D eigenvalue weighted by atomic mass is 16.5. The normalized spacial score (nSPS) is 22.0. The molecule has 0 unspecified atom stereocenters. The van der Waals surface area contributed by atoms with E-state index in [1.165, 1.54) is 6.92 Å². The van der Waals surface area contributed by atoms with Crippen molar-refractivity contribution in [2.45, 2.75) is 32.2 Å². The molecular weight excluding hydrogens is 310 g/mol. The molecule has 1 aromatic heterocycles. The van der Waals surface area contributed by atoms with Gasteiger partial charge in [0.2, 0.25) is 11.8 Å². The van der Waals surface area contributed by atoms with E-state index in [0.717, 1.165) is 12.1 Å². The number of anilines is 1. The summed E-state index contributed by atoms with van der Waals surface area (Å²) in [5, 5.41) is 2.59. The molecule has 3 heterocycles. The van der Waals surface area contributed by atoms with Crippen LogP contribution < -0.4 is 10.9 Å². The number of methoxy groups -OCH3 is 1. The number of aromatic nitrogens is 1. The number of hydrogen-bond donors (Lipinski definition) is 1. The van der Waals surface area contributed by atoms with Crippen LogP contribution in [0.4, 0.5) is 5.69 Å². The Hall–Kier alpha value is -2.15. The molecule has 1 aromatic rings. The zero-order valence-electron chi connectivity index (χ0n) is 14.1. The number of nitrogens with one attached hydrogen (secondary N) is 1. The van der Waals surface area contributed by atoms with Gasteiger partial charge >= 0.3 is 0 Å². The van der Waals surface area contributed by atoms with E-state index in [4.69, 9.17) is 4.74 Å². The van der Waals surface area contributed by atoms with E-state index in [2.05, 4.69) is 5.32 Å². The van der Waals surface area contributed by atoms with Crippen LogP contribution in [0.3, 0.4) is 0 Å². The third-order valence-corrected chi connectivity index (χ3v) is 4.79. The van der Waals surface area contributed by atoms with Crippen LogP contribution in [0.15, 0.2) is 16.9 Å². The number of nitrogens with zero attached hydrogens (tertiary/aromatic N) is 2. The van der Waals surface area contributed by atoms with Crippen molar-refractivity contribution in [2.75, 3.05) is 32.1 Å². The molecule has 2 bridgehead atoms. The van der Waals surface area contributed by atoms with Crippen molar-refractivity contribution in [3.63, 3.8) is 0 Å². The highest BCUT2D eigenvalue weighted by Crippen LogP contribution is 2.35. The van der Waals surface area contributed by atoms with Crippen LogP contribution in [-0.2, 0) is 20.9 Å². The summed E-state index contributed by atoms with van der Waals surface area (Å²) in [7, 11) is 1.59. The molecule has 0 aliphatic carbocycles. The Bertz CT molecular complexity index is 712. The molecule has 7 nitrogen and oxygen atoms in total. The number of likely N-dealkylation sites (tertiary alicyclic amines) is 1. The molecule has 1 N–H and O–H groups in total. The Labute approximate surface area is 140 Å². The van der Waals surface area contributed by atoms with Crippen LogP contribution >= 0.6 is 0 Å². The standard InChI is InChI=1S/C17H23N3O4/c1-11(21)18-14-3-4-15-13-7-12(9-20(15)17(14)23)8-19(10-13)16(22)5-6-24-2/h3-4,12-13H,5-10H2,1-2H3,(H,18,21)/t12-,13+/m0/s1. The van der Waals surface area contributed by atoms with Gasteiger partial charge < -0.3 is 19.5 Å². The average Bonchev–Trinajstić information content (AvgIpc) is 2.55. The van der Waals surface area contributed by atoms with E-state index < -0.39 is 0 Å². The molecule has 1 fully saturated rings. The van der Waals surface area contributed by atoms with Gasteiger partial charge in [0.1, 0.15) is 5.69 Å². The van der Waals surface area contributed by atoms with Crippen molar-refractivity contribution >= 4 is 17.5 Å². The lowest BCUT2D eigenvalue weighted by molar-refractivity contribution is -0.134. The van der Waals surface area contributed by atoms with E-state index in [9.17, 15) is 14.4 Å². The Morgan fingerprint density at radius 3 is 2.79 bits per heavy atom. The Balaban J connectivity index is 1.83. The van der Waals surface area contributed by atoms with E-state index in [0.29, 0.717) is 38.3 Å². The van der Waals surface area contributed by atoms with Gasteiger partial charge in [0, 0.05) is 45.3 Å². The van der Waals surface area contributed by atoms with Crippen LogP contribution in [0.2, 0.25) is 0 Å². The van der Waals surface area contributed by atoms with Crippen molar-refractivity contribution in [3.8, 4) is 0 Å². The highest BCUT2D eigenvalue weighted by Gasteiger charge is 2.36. The zero-order valence-corrected chi connectivity index (χ0v) is 14.1. The average molecular weight is 333 g/mol. The summed E-state index contributed by atoms with van der Waals surface area (Å²) in [6.07, 6.45) is 1.39. The SMILES string of the molecule is COCCC(=O)N1C[C@@H]2C[C@H](C1)c1ccc(NC(C)=O)c(=O)n1C2. The summed E-state index contributed by atoms with van der Waals surface area (Å²) in [5.41, 5.74) is 1.12. The molecule has 2 aliphatic heterocycles. The molecule has 2 amide bonds. The van der Waals surface area contributed by atoms with Gasteiger partial charge in [0.05, 0.1) is 13.0 Å². The highest BCUT2D eigenvalue weighted by molar-refractivity contribution is 5.88. The van der Waals surface area contributed by atoms with Crippen LogP contribution in [0.25, 0.3) is 0 Å². The lowest BCUT2D eigenvalue weighted by Gasteiger charge is -2.43. The molecule has 2 atom stereocenters. The number of fused-ring (bicyclic) bond motifs is 4. The molecule has 3 rings (SSSR count). The van der Waals surface area contributed by atoms with Crippen molar-refractivity contribution in [1.82, 2.24) is 9.47 Å². The fourth-order valence-corrected chi connectivity index (χ4v) is 3.78. The number of carbonyl (C=O) groups is 2. The second kappa shape index (κ2) is 6.76. The van der Waals surface area contributed by atoms with Gasteiger partial charge in [-0.2, -0.15) is 0 Å². The van der Waals surface area contributed by atoms with Crippen molar-refractivity contribution in [1.29, 1.82) is 0 Å². The third kappa shape index (κ3) is 3.21. The summed E-state index contributed by atoms with van der Waals surface area (Å²) in [5.74, 6) is 0.298. The maximum absolute atomic E-state index is 12.6. The van der Waals surface area contributed by atoms with Gasteiger partial charge in [-0.25, -0.2) is 0 Å². The van der Waals surface area contributed by atoms with Gasteiger partial charge in [-0.15, -0.1) is 0 Å². The van der Waals surface area contributed by atoms with Crippen LogP contribution in [0, 0.1) is 5.92 Å². The monoisotopic (exact) mass is 333 g/mol. The van der Waals surface area contributed by atoms with E-state index in [-0.39, 0.29) is 29.2 Å². The third-order valence-electron chi connectivity index (χ3n) is 4.79. The Kier molecular flexibility index (Phi) is 4.71. The molecule has 0 saturated carbocycles. The zero-order chi connectivity index (χ0) is 17.3. The number of ether oxygens (including phenoxy) is 1. The Morgan fingerprint density at radius 1 is 1.29 bits per heavy atom. The molecule has 2 aliphatic rings. The number of carbonyl (C=O) groups excluding carboxylic acids is 2. The first-order valence-electron chi connectivity index (χ1n) is 8.27. The molecule has 0 aromatic carbocycles. The molecule has 130 valence electrons. The first-order chi connectivity index (χ1) is 11.5. The van der Waals surface area contributed by atoms with E-state index in [1.54, 1.807) is 17.7 Å². The first kappa shape index (κ1) is 16.7. The van der Waals surface area contributed by atoms with E-state index in [1.807, 2.05) is 11.0 Å². The molecular formula is C17H23N3O4. The number of piperidine rings is 1. The number of pyridine rings is 1. The van der Waals surface area contributed by atoms with Crippen molar-refractivity contribution < 1.29 is 14.3 Å². The Morgan fingerprint density at radius 2 is 2.08 bits per heavy atom. The minimum absolute atomic E-state index is 0.109. The van der Waals surface area contributed by atoms with Crippen LogP contribution in [-0.4, -0.2) is 48.1 Å². The van der Waals surface area contributed by atoms with Crippen LogP contribution in [0.1, 0.15) is 31.4 Å². The molecule has 0 spiro atoms. The van der Waals surface area contributed by atoms with Gasteiger partial charge in [0.25, 0.3) is 5.56 Å². The summed E-state index contributed by atoms with van der Waals surface area (Å²) in [6, 6.07) is 3.57. The predicted octanol–water partition coefficient (Wildman–Crippen LogP) is 0.789. The lowest BCUT2D eigenvalue weighted by Crippen LogP contribution is -2.49. The maximum atomic E-state index is 12.6. The van der Waals surface area contributed by atoms with Gasteiger partial charge in [0.15, 0.2) is 0 Å². The van der Waals surface area contributed by atoms with Crippen molar-refractivity contribution in [2.24, 2.45) is 5.92 Å². The summed E-state index contributed by atoms with van der Waals surface area (Å²) in [4.78, 5) is 38.0. The van der Waals surface area contributed by atoms with Crippen molar-refractivity contribution in [3.05, 3.63) is 28.2 Å². The first-order valence-corrected chi connectivity index (χ1v) is 8.27. The molecule has 1 saturated heterocycles. The quantitative estimate of drug-likeness (QED) is 0.883. The second-order valence-corrected chi connectivity index (χ2v) is 6.61. The van der Waals surface area contributed by atoms with Gasteiger partial charge in [-0.1, -0.05) is 0 Å². The number of rotatable bonds is 4. The minimum Gasteiger partial charge on any atom is -0.384 e. The fraction of sp³-hybridized carbons (Fsp3) is 0.588. The maximum Gasteiger partial charge on any atom is 0.274 e.